The number of hydrogen-bond acceptors (Lipinski definition) is 3. The molecule has 15 heavy (non-hydrogen) atoms. The van der Waals surface area contributed by atoms with Crippen molar-refractivity contribution < 1.29 is 5.11 Å². The topological polar surface area (TPSA) is 45.1 Å². The second-order valence-electron chi connectivity index (χ2n) is 4.19. The highest BCUT2D eigenvalue weighted by atomic mass is 16.3. The van der Waals surface area contributed by atoms with Gasteiger partial charge in [-0.05, 0) is 37.3 Å². The van der Waals surface area contributed by atoms with Crippen LogP contribution in [0.15, 0.2) is 12.1 Å². The van der Waals surface area contributed by atoms with Crippen LogP contribution >= 0.6 is 0 Å². The van der Waals surface area contributed by atoms with Gasteiger partial charge in [-0.2, -0.15) is 0 Å². The van der Waals surface area contributed by atoms with Crippen LogP contribution in [0.3, 0.4) is 0 Å². The van der Waals surface area contributed by atoms with Gasteiger partial charge in [0.15, 0.2) is 0 Å². The maximum absolute atomic E-state index is 10.5. The molecule has 0 fully saturated rings. The van der Waals surface area contributed by atoms with Gasteiger partial charge >= 0.3 is 0 Å². The summed E-state index contributed by atoms with van der Waals surface area (Å²) in [5.74, 6) is 0.836. The maximum atomic E-state index is 10.5. The molecule has 0 radical (unpaired) electrons. The van der Waals surface area contributed by atoms with Crippen molar-refractivity contribution in [1.82, 2.24) is 4.98 Å². The molecule has 1 atom stereocenters. The van der Waals surface area contributed by atoms with Crippen molar-refractivity contribution in [3.8, 4) is 0 Å². The van der Waals surface area contributed by atoms with Crippen LogP contribution in [-0.2, 0) is 12.0 Å². The van der Waals surface area contributed by atoms with Gasteiger partial charge < -0.3 is 10.4 Å². The zero-order valence-electron chi connectivity index (χ0n) is 9.38. The number of aromatic nitrogens is 1. The van der Waals surface area contributed by atoms with E-state index < -0.39 is 5.60 Å². The van der Waals surface area contributed by atoms with E-state index in [1.54, 1.807) is 0 Å². The van der Waals surface area contributed by atoms with Crippen molar-refractivity contribution in [2.24, 2.45) is 0 Å². The Morgan fingerprint density at radius 2 is 2.33 bits per heavy atom. The summed E-state index contributed by atoms with van der Waals surface area (Å²) in [4.78, 5) is 4.49. The second kappa shape index (κ2) is 3.81. The summed E-state index contributed by atoms with van der Waals surface area (Å²) in [6.07, 6.45) is 3.66. The monoisotopic (exact) mass is 206 g/mol. The van der Waals surface area contributed by atoms with E-state index in [0.717, 1.165) is 37.2 Å². The minimum absolute atomic E-state index is 0.708. The number of nitrogens with zero attached hydrogens (tertiary/aromatic N) is 1. The van der Waals surface area contributed by atoms with Crippen molar-refractivity contribution in [3.05, 3.63) is 23.4 Å². The largest absolute Gasteiger partial charge is 0.384 e. The Bertz CT molecular complexity index is 365. The molecule has 0 saturated heterocycles. The lowest BCUT2D eigenvalue weighted by atomic mass is 9.81. The Kier molecular flexibility index (Phi) is 2.65. The Morgan fingerprint density at radius 1 is 1.53 bits per heavy atom. The number of pyridine rings is 1. The van der Waals surface area contributed by atoms with Gasteiger partial charge in [-0.3, -0.25) is 0 Å². The summed E-state index contributed by atoms with van der Waals surface area (Å²) < 4.78 is 0. The first-order valence-electron chi connectivity index (χ1n) is 5.60. The standard InChI is InChI=1S/C12H18N2O/c1-3-12(15)8-4-5-9-6-7-10(13-2)14-11(9)12/h6-7,15H,3-5,8H2,1-2H3,(H,13,14). The molecule has 1 heterocycles. The fourth-order valence-corrected chi connectivity index (χ4v) is 2.27. The first-order chi connectivity index (χ1) is 7.19. The molecule has 82 valence electrons. The van der Waals surface area contributed by atoms with Gasteiger partial charge in [0.1, 0.15) is 11.4 Å². The van der Waals surface area contributed by atoms with Crippen LogP contribution < -0.4 is 5.32 Å². The molecule has 0 aliphatic heterocycles. The van der Waals surface area contributed by atoms with Crippen LogP contribution in [0.2, 0.25) is 0 Å². The summed E-state index contributed by atoms with van der Waals surface area (Å²) in [5, 5.41) is 13.5. The first-order valence-corrected chi connectivity index (χ1v) is 5.60. The van der Waals surface area contributed by atoms with Crippen LogP contribution in [-0.4, -0.2) is 17.1 Å². The molecule has 1 unspecified atom stereocenters. The van der Waals surface area contributed by atoms with E-state index in [0.29, 0.717) is 0 Å². The molecule has 0 spiro atoms. The Balaban J connectivity index is 2.48. The third-order valence-electron chi connectivity index (χ3n) is 3.30. The van der Waals surface area contributed by atoms with Crippen molar-refractivity contribution >= 4 is 5.82 Å². The molecule has 1 aromatic rings. The molecule has 0 saturated carbocycles. The van der Waals surface area contributed by atoms with Crippen LogP contribution in [0.5, 0.6) is 0 Å². The highest BCUT2D eigenvalue weighted by molar-refractivity contribution is 5.41. The summed E-state index contributed by atoms with van der Waals surface area (Å²) >= 11 is 0. The summed E-state index contributed by atoms with van der Waals surface area (Å²) in [5.41, 5.74) is 1.37. The minimum Gasteiger partial charge on any atom is -0.384 e. The summed E-state index contributed by atoms with van der Waals surface area (Å²) in [7, 11) is 1.85. The van der Waals surface area contributed by atoms with Gasteiger partial charge in [-0.1, -0.05) is 13.0 Å². The Labute approximate surface area is 90.5 Å². The molecule has 0 amide bonds. The summed E-state index contributed by atoms with van der Waals surface area (Å²) in [6, 6.07) is 4.05. The minimum atomic E-state index is -0.708. The van der Waals surface area contributed by atoms with Gasteiger partial charge in [-0.15, -0.1) is 0 Å². The molecule has 1 aliphatic rings. The van der Waals surface area contributed by atoms with Crippen molar-refractivity contribution in [2.45, 2.75) is 38.2 Å². The van der Waals surface area contributed by atoms with Gasteiger partial charge in [0.2, 0.25) is 0 Å². The Morgan fingerprint density at radius 3 is 3.00 bits per heavy atom. The van der Waals surface area contributed by atoms with Crippen LogP contribution in [0.25, 0.3) is 0 Å². The molecule has 2 N–H and O–H groups in total. The highest BCUT2D eigenvalue weighted by Gasteiger charge is 2.34. The van der Waals surface area contributed by atoms with E-state index in [2.05, 4.69) is 16.4 Å². The van der Waals surface area contributed by atoms with E-state index in [1.807, 2.05) is 20.0 Å². The van der Waals surface area contributed by atoms with Crippen LogP contribution in [0.4, 0.5) is 5.82 Å². The highest BCUT2D eigenvalue weighted by Crippen LogP contribution is 2.36. The van der Waals surface area contributed by atoms with Crippen molar-refractivity contribution in [1.29, 1.82) is 0 Å². The van der Waals surface area contributed by atoms with E-state index in [1.165, 1.54) is 5.56 Å². The molecule has 0 bridgehead atoms. The zero-order valence-corrected chi connectivity index (χ0v) is 9.38. The smallest absolute Gasteiger partial charge is 0.126 e. The predicted molar refractivity (Wildman–Crippen MR) is 60.9 cm³/mol. The number of aliphatic hydroxyl groups is 1. The van der Waals surface area contributed by atoms with Gasteiger partial charge in [0.25, 0.3) is 0 Å². The molecular weight excluding hydrogens is 188 g/mol. The molecule has 1 aliphatic carbocycles. The lowest BCUT2D eigenvalue weighted by molar-refractivity contribution is 0.0104. The average molecular weight is 206 g/mol. The average Bonchev–Trinajstić information content (AvgIpc) is 2.29. The number of anilines is 1. The van der Waals surface area contributed by atoms with E-state index >= 15 is 0 Å². The quantitative estimate of drug-likeness (QED) is 0.778. The van der Waals surface area contributed by atoms with Crippen LogP contribution in [0, 0.1) is 0 Å². The van der Waals surface area contributed by atoms with Crippen LogP contribution in [0.1, 0.15) is 37.4 Å². The summed E-state index contributed by atoms with van der Waals surface area (Å²) in [6.45, 7) is 2.02. The number of hydrogen-bond donors (Lipinski definition) is 2. The normalized spacial score (nSPS) is 24.7. The second-order valence-corrected chi connectivity index (χ2v) is 4.19. The number of nitrogens with one attached hydrogen (secondary N) is 1. The molecule has 3 nitrogen and oxygen atoms in total. The zero-order chi connectivity index (χ0) is 10.9. The molecular formula is C12H18N2O. The van der Waals surface area contributed by atoms with Crippen molar-refractivity contribution in [2.75, 3.05) is 12.4 Å². The maximum Gasteiger partial charge on any atom is 0.126 e. The van der Waals surface area contributed by atoms with Gasteiger partial charge in [0, 0.05) is 7.05 Å². The third kappa shape index (κ3) is 1.72. The Hall–Kier alpha value is -1.09. The molecule has 3 heteroatoms. The fraction of sp³-hybridized carbons (Fsp3) is 0.583. The number of rotatable bonds is 2. The third-order valence-corrected chi connectivity index (χ3v) is 3.30. The van der Waals surface area contributed by atoms with Gasteiger partial charge in [-0.25, -0.2) is 4.98 Å². The molecule has 1 aromatic heterocycles. The van der Waals surface area contributed by atoms with E-state index in [-0.39, 0.29) is 0 Å². The number of fused-ring (bicyclic) bond motifs is 1. The lowest BCUT2D eigenvalue weighted by Crippen LogP contribution is -2.31. The molecule has 0 aromatic carbocycles. The van der Waals surface area contributed by atoms with E-state index in [4.69, 9.17) is 0 Å². The SMILES string of the molecule is CCC1(O)CCCc2ccc(NC)nc21. The lowest BCUT2D eigenvalue weighted by Gasteiger charge is -2.32. The van der Waals surface area contributed by atoms with Crippen molar-refractivity contribution in [3.63, 3.8) is 0 Å². The predicted octanol–water partition coefficient (Wildman–Crippen LogP) is 2.06. The van der Waals surface area contributed by atoms with Gasteiger partial charge in [0.05, 0.1) is 5.69 Å². The van der Waals surface area contributed by atoms with E-state index in [9.17, 15) is 5.11 Å². The number of aryl methyl sites for hydroxylation is 1. The fourth-order valence-electron chi connectivity index (χ4n) is 2.27. The molecule has 2 rings (SSSR count). The first kappa shape index (κ1) is 10.4.